The van der Waals surface area contributed by atoms with Gasteiger partial charge < -0.3 is 5.32 Å². The summed E-state index contributed by atoms with van der Waals surface area (Å²) in [5.74, 6) is 0.935. The Balaban J connectivity index is 0.000000360. The smallest absolute Gasteiger partial charge is 0.00227 e. The van der Waals surface area contributed by atoms with Crippen LogP contribution in [-0.4, -0.2) is 13.1 Å². The quantitative estimate of drug-likeness (QED) is 0.505. The number of nitrogens with one attached hydrogen (secondary N) is 1. The Labute approximate surface area is 50.9 Å². The van der Waals surface area contributed by atoms with E-state index in [0.717, 1.165) is 5.92 Å². The fourth-order valence-corrected chi connectivity index (χ4v) is 0.799. The molecule has 1 heterocycles. The summed E-state index contributed by atoms with van der Waals surface area (Å²) in [6.45, 7) is 4.75. The van der Waals surface area contributed by atoms with Gasteiger partial charge in [0.15, 0.2) is 0 Å². The summed E-state index contributed by atoms with van der Waals surface area (Å²) in [5.41, 5.74) is 0. The lowest BCUT2D eigenvalue weighted by atomic mass is 10.2. The first-order chi connectivity index (χ1) is 2.89. The van der Waals surface area contributed by atoms with Crippen LogP contribution < -0.4 is 5.32 Å². The summed E-state index contributed by atoms with van der Waals surface area (Å²) in [5, 5.41) is 3.27. The molecule has 0 aromatic rings. The molecule has 0 bridgehead atoms. The van der Waals surface area contributed by atoms with Gasteiger partial charge in [0.25, 0.3) is 0 Å². The van der Waals surface area contributed by atoms with E-state index in [1.807, 2.05) is 0 Å². The number of hydrogen-bond donors (Lipinski definition) is 1. The van der Waals surface area contributed by atoms with Gasteiger partial charge in [0.1, 0.15) is 0 Å². The summed E-state index contributed by atoms with van der Waals surface area (Å²) in [6, 6.07) is 0. The fraction of sp³-hybridized carbons (Fsp3) is 1.00. The summed E-state index contributed by atoms with van der Waals surface area (Å²) in [6.07, 6.45) is 1.38. The van der Waals surface area contributed by atoms with Crippen molar-refractivity contribution < 1.29 is 0 Å². The maximum atomic E-state index is 3.27. The Morgan fingerprint density at radius 1 is 1.57 bits per heavy atom. The van der Waals surface area contributed by atoms with Gasteiger partial charge in [0.2, 0.25) is 0 Å². The van der Waals surface area contributed by atoms with Crippen molar-refractivity contribution in [1.82, 2.24) is 5.32 Å². The SMILES string of the molecule is C[C@@H]1CCNC1.Cl. The molecule has 1 nitrogen and oxygen atoms in total. The summed E-state index contributed by atoms with van der Waals surface area (Å²) < 4.78 is 0. The second-order valence-electron chi connectivity index (χ2n) is 2.10. The molecule has 1 aliphatic rings. The fourth-order valence-electron chi connectivity index (χ4n) is 0.799. The molecule has 0 aromatic carbocycles. The molecule has 7 heavy (non-hydrogen) atoms. The molecule has 1 saturated heterocycles. The zero-order valence-electron chi connectivity index (χ0n) is 4.61. The number of hydrogen-bond acceptors (Lipinski definition) is 1. The van der Waals surface area contributed by atoms with Crippen LogP contribution in [0, 0.1) is 5.92 Å². The van der Waals surface area contributed by atoms with E-state index in [9.17, 15) is 0 Å². The molecule has 44 valence electrons. The monoisotopic (exact) mass is 121 g/mol. The lowest BCUT2D eigenvalue weighted by Gasteiger charge is -1.90. The first-order valence-corrected chi connectivity index (χ1v) is 2.60. The standard InChI is InChI=1S/C5H11N.ClH/c1-5-2-3-6-4-5;/h5-6H,2-4H2,1H3;1H/t5-;/m1./s1. The highest BCUT2D eigenvalue weighted by Gasteiger charge is 2.06. The van der Waals surface area contributed by atoms with Crippen molar-refractivity contribution in [2.24, 2.45) is 5.92 Å². The van der Waals surface area contributed by atoms with Gasteiger partial charge in [-0.1, -0.05) is 6.92 Å². The minimum absolute atomic E-state index is 0. The van der Waals surface area contributed by atoms with Crippen molar-refractivity contribution in [3.05, 3.63) is 0 Å². The van der Waals surface area contributed by atoms with Gasteiger partial charge >= 0.3 is 0 Å². The van der Waals surface area contributed by atoms with Gasteiger partial charge in [0.05, 0.1) is 0 Å². The third kappa shape index (κ3) is 2.15. The number of halogens is 1. The van der Waals surface area contributed by atoms with E-state index in [4.69, 9.17) is 0 Å². The third-order valence-electron chi connectivity index (χ3n) is 1.31. The van der Waals surface area contributed by atoms with Crippen LogP contribution in [0.15, 0.2) is 0 Å². The molecule has 1 aliphatic heterocycles. The van der Waals surface area contributed by atoms with Crippen molar-refractivity contribution in [2.45, 2.75) is 13.3 Å². The van der Waals surface area contributed by atoms with Crippen molar-refractivity contribution in [2.75, 3.05) is 13.1 Å². The second kappa shape index (κ2) is 3.28. The first kappa shape index (κ1) is 7.25. The minimum Gasteiger partial charge on any atom is -0.316 e. The van der Waals surface area contributed by atoms with Gasteiger partial charge in [-0.2, -0.15) is 0 Å². The maximum Gasteiger partial charge on any atom is -0.00227 e. The lowest BCUT2D eigenvalue weighted by Crippen LogP contribution is -2.06. The largest absolute Gasteiger partial charge is 0.316 e. The van der Waals surface area contributed by atoms with Gasteiger partial charge in [-0.05, 0) is 25.4 Å². The van der Waals surface area contributed by atoms with Crippen LogP contribution in [0.25, 0.3) is 0 Å². The van der Waals surface area contributed by atoms with Crippen LogP contribution in [0.4, 0.5) is 0 Å². The van der Waals surface area contributed by atoms with Crippen molar-refractivity contribution >= 4 is 12.4 Å². The van der Waals surface area contributed by atoms with Crippen LogP contribution in [0.2, 0.25) is 0 Å². The minimum atomic E-state index is 0. The topological polar surface area (TPSA) is 12.0 Å². The van der Waals surface area contributed by atoms with E-state index in [-0.39, 0.29) is 12.4 Å². The van der Waals surface area contributed by atoms with Gasteiger partial charge in [-0.3, -0.25) is 0 Å². The third-order valence-corrected chi connectivity index (χ3v) is 1.31. The van der Waals surface area contributed by atoms with Gasteiger partial charge in [-0.25, -0.2) is 0 Å². The summed E-state index contributed by atoms with van der Waals surface area (Å²) in [4.78, 5) is 0. The first-order valence-electron chi connectivity index (χ1n) is 2.60. The Hall–Kier alpha value is 0.250. The summed E-state index contributed by atoms with van der Waals surface area (Å²) >= 11 is 0. The Kier molecular flexibility index (Phi) is 3.39. The lowest BCUT2D eigenvalue weighted by molar-refractivity contribution is 0.651. The molecular weight excluding hydrogens is 110 g/mol. The van der Waals surface area contributed by atoms with Crippen LogP contribution in [0.1, 0.15) is 13.3 Å². The molecule has 1 N–H and O–H groups in total. The molecule has 0 aromatic heterocycles. The average Bonchev–Trinajstić information content (AvgIpc) is 1.86. The number of rotatable bonds is 0. The van der Waals surface area contributed by atoms with Crippen molar-refractivity contribution in [3.63, 3.8) is 0 Å². The highest BCUT2D eigenvalue weighted by molar-refractivity contribution is 5.85. The van der Waals surface area contributed by atoms with Crippen molar-refractivity contribution in [1.29, 1.82) is 0 Å². The molecule has 1 rings (SSSR count). The predicted molar refractivity (Wildman–Crippen MR) is 33.9 cm³/mol. The maximum absolute atomic E-state index is 3.27. The van der Waals surface area contributed by atoms with Gasteiger partial charge in [0, 0.05) is 0 Å². The highest BCUT2D eigenvalue weighted by atomic mass is 35.5. The molecular formula is C5H12ClN. The normalized spacial score (nSPS) is 29.6. The molecule has 0 amide bonds. The second-order valence-corrected chi connectivity index (χ2v) is 2.10. The molecule has 1 atom stereocenters. The van der Waals surface area contributed by atoms with Crippen LogP contribution in [0.3, 0.4) is 0 Å². The summed E-state index contributed by atoms with van der Waals surface area (Å²) in [7, 11) is 0. The van der Waals surface area contributed by atoms with Gasteiger partial charge in [-0.15, -0.1) is 12.4 Å². The van der Waals surface area contributed by atoms with Crippen molar-refractivity contribution in [3.8, 4) is 0 Å². The molecule has 0 unspecified atom stereocenters. The van der Waals surface area contributed by atoms with Crippen LogP contribution in [-0.2, 0) is 0 Å². The molecule has 0 aliphatic carbocycles. The van der Waals surface area contributed by atoms with Crippen LogP contribution >= 0.6 is 12.4 Å². The van der Waals surface area contributed by atoms with E-state index in [1.165, 1.54) is 19.5 Å². The van der Waals surface area contributed by atoms with E-state index < -0.39 is 0 Å². The zero-order valence-corrected chi connectivity index (χ0v) is 5.42. The van der Waals surface area contributed by atoms with E-state index in [2.05, 4.69) is 12.2 Å². The predicted octanol–water partition coefficient (Wildman–Crippen LogP) is 1.04. The molecule has 0 saturated carbocycles. The van der Waals surface area contributed by atoms with E-state index >= 15 is 0 Å². The van der Waals surface area contributed by atoms with Crippen LogP contribution in [0.5, 0.6) is 0 Å². The molecule has 2 heteroatoms. The molecule has 0 spiro atoms. The zero-order chi connectivity index (χ0) is 4.41. The Morgan fingerprint density at radius 3 is 2.43 bits per heavy atom. The Bertz CT molecular complexity index is 41.3. The van der Waals surface area contributed by atoms with E-state index in [0.29, 0.717) is 0 Å². The average molecular weight is 122 g/mol. The Morgan fingerprint density at radius 2 is 2.29 bits per heavy atom. The molecule has 1 fully saturated rings. The molecule has 0 radical (unpaired) electrons. The van der Waals surface area contributed by atoms with E-state index in [1.54, 1.807) is 0 Å². The highest BCUT2D eigenvalue weighted by Crippen LogP contribution is 2.03.